The highest BCUT2D eigenvalue weighted by atomic mass is 79.9. The van der Waals surface area contributed by atoms with Crippen molar-refractivity contribution in [3.8, 4) is 0 Å². The first-order chi connectivity index (χ1) is 8.27. The zero-order valence-electron chi connectivity index (χ0n) is 12.4. The Morgan fingerprint density at radius 3 is 1.95 bits per heavy atom. The number of amides is 1. The average molecular weight is 339 g/mol. The first-order valence-corrected chi connectivity index (χ1v) is 6.41. The van der Waals surface area contributed by atoms with Crippen molar-refractivity contribution in [2.45, 2.75) is 52.6 Å². The molecule has 0 bridgehead atoms. The van der Waals surface area contributed by atoms with Crippen LogP contribution < -0.4 is 11.1 Å². The van der Waals surface area contributed by atoms with Crippen LogP contribution in [-0.4, -0.2) is 31.1 Å². The van der Waals surface area contributed by atoms with Gasteiger partial charge in [0.1, 0.15) is 6.04 Å². The monoisotopic (exact) mass is 338 g/mol. The highest BCUT2D eigenvalue weighted by Gasteiger charge is 2.25. The molecule has 19 heavy (non-hydrogen) atoms. The standard InChI is InChI=1S/C13H26N2O3.BrH/c1-8(2)6-10(14)12(16)15-11(7-9(3)4)13(17)18-5;/h8-11H,6-7,14H2,1-5H3,(H,15,16);1H/t10-,11+;/m1./s1. The SMILES string of the molecule is Br.COC(=O)[C@H](CC(C)C)NC(=O)[C@H](N)CC(C)C. The Labute approximate surface area is 126 Å². The molecule has 0 unspecified atom stereocenters. The average Bonchev–Trinajstić information content (AvgIpc) is 2.25. The third-order valence-electron chi connectivity index (χ3n) is 2.57. The van der Waals surface area contributed by atoms with Crippen LogP contribution in [0.25, 0.3) is 0 Å². The van der Waals surface area contributed by atoms with Gasteiger partial charge in [-0.2, -0.15) is 0 Å². The van der Waals surface area contributed by atoms with Crippen LogP contribution in [0.5, 0.6) is 0 Å². The fourth-order valence-corrected chi connectivity index (χ4v) is 1.72. The lowest BCUT2D eigenvalue weighted by molar-refractivity contribution is -0.145. The smallest absolute Gasteiger partial charge is 0.328 e. The quantitative estimate of drug-likeness (QED) is 0.691. The van der Waals surface area contributed by atoms with Crippen molar-refractivity contribution in [1.29, 1.82) is 0 Å². The van der Waals surface area contributed by atoms with Crippen molar-refractivity contribution in [2.75, 3.05) is 7.11 Å². The number of methoxy groups -OCH3 is 1. The fraction of sp³-hybridized carbons (Fsp3) is 0.846. The van der Waals surface area contributed by atoms with E-state index in [1.54, 1.807) is 0 Å². The first-order valence-electron chi connectivity index (χ1n) is 6.41. The summed E-state index contributed by atoms with van der Waals surface area (Å²) in [5.74, 6) is -0.0864. The van der Waals surface area contributed by atoms with E-state index in [4.69, 9.17) is 5.73 Å². The number of nitrogens with one attached hydrogen (secondary N) is 1. The molecule has 0 aromatic carbocycles. The number of esters is 1. The van der Waals surface area contributed by atoms with Crippen molar-refractivity contribution < 1.29 is 14.3 Å². The highest BCUT2D eigenvalue weighted by molar-refractivity contribution is 8.93. The summed E-state index contributed by atoms with van der Waals surface area (Å²) < 4.78 is 4.68. The zero-order valence-corrected chi connectivity index (χ0v) is 14.1. The normalized spacial score (nSPS) is 13.7. The van der Waals surface area contributed by atoms with Crippen molar-refractivity contribution in [3.05, 3.63) is 0 Å². The van der Waals surface area contributed by atoms with Crippen LogP contribution >= 0.6 is 17.0 Å². The molecule has 1 amide bonds. The molecule has 0 aromatic rings. The molecular weight excluding hydrogens is 312 g/mol. The lowest BCUT2D eigenvalue weighted by Gasteiger charge is -2.21. The minimum absolute atomic E-state index is 0. The molecule has 0 fully saturated rings. The summed E-state index contributed by atoms with van der Waals surface area (Å²) in [5, 5.41) is 2.67. The molecule has 0 aliphatic rings. The zero-order chi connectivity index (χ0) is 14.3. The third-order valence-corrected chi connectivity index (χ3v) is 2.57. The summed E-state index contributed by atoms with van der Waals surface area (Å²) in [7, 11) is 1.32. The summed E-state index contributed by atoms with van der Waals surface area (Å²) in [6.45, 7) is 7.96. The Bertz CT molecular complexity index is 283. The third kappa shape index (κ3) is 8.99. The molecule has 0 aliphatic carbocycles. The molecule has 0 aromatic heterocycles. The second kappa shape index (κ2) is 10.2. The fourth-order valence-electron chi connectivity index (χ4n) is 1.72. The molecule has 0 heterocycles. The summed E-state index contributed by atoms with van der Waals surface area (Å²) in [4.78, 5) is 23.4. The minimum Gasteiger partial charge on any atom is -0.467 e. The predicted molar refractivity (Wildman–Crippen MR) is 81.2 cm³/mol. The van der Waals surface area contributed by atoms with Crippen LogP contribution in [0.4, 0.5) is 0 Å². The Kier molecular flexibility index (Phi) is 11.1. The van der Waals surface area contributed by atoms with Gasteiger partial charge in [-0.15, -0.1) is 17.0 Å². The van der Waals surface area contributed by atoms with Crippen LogP contribution in [0.15, 0.2) is 0 Å². The van der Waals surface area contributed by atoms with Gasteiger partial charge in [0.15, 0.2) is 0 Å². The van der Waals surface area contributed by atoms with Gasteiger partial charge in [-0.25, -0.2) is 4.79 Å². The number of ether oxygens (including phenoxy) is 1. The van der Waals surface area contributed by atoms with Crippen LogP contribution in [0.1, 0.15) is 40.5 Å². The van der Waals surface area contributed by atoms with E-state index in [0.717, 1.165) is 0 Å². The number of hydrogen-bond acceptors (Lipinski definition) is 4. The van der Waals surface area contributed by atoms with Gasteiger partial charge in [0.25, 0.3) is 0 Å². The van der Waals surface area contributed by atoms with Gasteiger partial charge in [0.2, 0.25) is 5.91 Å². The second-order valence-corrected chi connectivity index (χ2v) is 5.45. The summed E-state index contributed by atoms with van der Waals surface area (Å²) in [5.41, 5.74) is 5.77. The molecule has 3 N–H and O–H groups in total. The maximum atomic E-state index is 11.8. The van der Waals surface area contributed by atoms with E-state index >= 15 is 0 Å². The molecule has 0 aliphatic heterocycles. The predicted octanol–water partition coefficient (Wildman–Crippen LogP) is 1.64. The molecule has 0 rings (SSSR count). The summed E-state index contributed by atoms with van der Waals surface area (Å²) in [6, 6.07) is -1.19. The van der Waals surface area contributed by atoms with Gasteiger partial charge < -0.3 is 15.8 Å². The summed E-state index contributed by atoms with van der Waals surface area (Å²) >= 11 is 0. The van der Waals surface area contributed by atoms with Crippen LogP contribution in [0.2, 0.25) is 0 Å². The largest absolute Gasteiger partial charge is 0.467 e. The minimum atomic E-state index is -0.610. The molecular formula is C13H27BrN2O3. The van der Waals surface area contributed by atoms with E-state index in [0.29, 0.717) is 18.8 Å². The molecule has 5 nitrogen and oxygen atoms in total. The van der Waals surface area contributed by atoms with Gasteiger partial charge in [0, 0.05) is 0 Å². The van der Waals surface area contributed by atoms with E-state index < -0.39 is 18.1 Å². The number of rotatable bonds is 7. The number of halogens is 1. The maximum Gasteiger partial charge on any atom is 0.328 e. The van der Waals surface area contributed by atoms with Crippen molar-refractivity contribution in [2.24, 2.45) is 17.6 Å². The lowest BCUT2D eigenvalue weighted by atomic mass is 10.0. The van der Waals surface area contributed by atoms with Crippen LogP contribution in [0.3, 0.4) is 0 Å². The number of carbonyl (C=O) groups excluding carboxylic acids is 2. The van der Waals surface area contributed by atoms with Crippen molar-refractivity contribution >= 4 is 28.9 Å². The Hall–Kier alpha value is -0.620. The van der Waals surface area contributed by atoms with E-state index in [2.05, 4.69) is 10.1 Å². The second-order valence-electron chi connectivity index (χ2n) is 5.45. The Morgan fingerprint density at radius 2 is 1.58 bits per heavy atom. The van der Waals surface area contributed by atoms with E-state index in [1.165, 1.54) is 7.11 Å². The molecule has 114 valence electrons. The number of hydrogen-bond donors (Lipinski definition) is 2. The van der Waals surface area contributed by atoms with Crippen LogP contribution in [0, 0.1) is 11.8 Å². The van der Waals surface area contributed by atoms with E-state index in [-0.39, 0.29) is 28.8 Å². The Balaban J connectivity index is 0. The van der Waals surface area contributed by atoms with Gasteiger partial charge in [-0.3, -0.25) is 4.79 Å². The highest BCUT2D eigenvalue weighted by Crippen LogP contribution is 2.08. The van der Waals surface area contributed by atoms with Crippen molar-refractivity contribution in [3.63, 3.8) is 0 Å². The van der Waals surface area contributed by atoms with Gasteiger partial charge in [0.05, 0.1) is 13.2 Å². The van der Waals surface area contributed by atoms with Gasteiger partial charge in [-0.05, 0) is 24.7 Å². The first kappa shape index (κ1) is 20.7. The summed E-state index contributed by atoms with van der Waals surface area (Å²) in [6.07, 6.45) is 1.15. The maximum absolute atomic E-state index is 11.8. The molecule has 0 saturated heterocycles. The van der Waals surface area contributed by atoms with Gasteiger partial charge >= 0.3 is 5.97 Å². The number of carbonyl (C=O) groups is 2. The Morgan fingerprint density at radius 1 is 1.11 bits per heavy atom. The van der Waals surface area contributed by atoms with E-state index in [9.17, 15) is 9.59 Å². The molecule has 2 atom stereocenters. The molecule has 0 spiro atoms. The lowest BCUT2D eigenvalue weighted by Crippen LogP contribution is -2.49. The van der Waals surface area contributed by atoms with Crippen molar-refractivity contribution in [1.82, 2.24) is 5.32 Å². The van der Waals surface area contributed by atoms with Crippen LogP contribution in [-0.2, 0) is 14.3 Å². The molecule has 6 heteroatoms. The molecule has 0 saturated carbocycles. The topological polar surface area (TPSA) is 81.4 Å². The van der Waals surface area contributed by atoms with Gasteiger partial charge in [-0.1, -0.05) is 27.7 Å². The van der Waals surface area contributed by atoms with E-state index in [1.807, 2.05) is 27.7 Å². The molecule has 0 radical (unpaired) electrons. The number of nitrogens with two attached hydrogens (primary N) is 1.